The quantitative estimate of drug-likeness (QED) is 0.838. The number of halogens is 3. The average Bonchev–Trinajstić information content (AvgIpc) is 2.57. The predicted octanol–water partition coefficient (Wildman–Crippen LogP) is 1.75. The number of carbonyl (C=O) groups excluding carboxylic acids is 1. The molecule has 2 rings (SSSR count). The predicted molar refractivity (Wildman–Crippen MR) is 64.6 cm³/mol. The Kier molecular flexibility index (Phi) is 4.29. The monoisotopic (exact) mass is 277 g/mol. The van der Waals surface area contributed by atoms with Crippen molar-refractivity contribution in [2.24, 2.45) is 5.73 Å². The first-order chi connectivity index (χ1) is 7.96. The minimum Gasteiger partial charge on any atom is -0.465 e. The van der Waals surface area contributed by atoms with E-state index < -0.39 is 23.1 Å². The zero-order chi connectivity index (χ0) is 12.6. The Morgan fingerprint density at radius 3 is 2.17 bits per heavy atom. The molecular weight excluding hydrogens is 264 g/mol. The van der Waals surface area contributed by atoms with E-state index >= 15 is 0 Å². The SMILES string of the molecule is CCOC(=O)C1(N)Cc2cc(F)c(F)cc2C1.Cl. The minimum absolute atomic E-state index is 0. The molecule has 0 aliphatic heterocycles. The van der Waals surface area contributed by atoms with E-state index in [1.165, 1.54) is 0 Å². The fourth-order valence-electron chi connectivity index (χ4n) is 2.12. The molecule has 1 aromatic carbocycles. The largest absolute Gasteiger partial charge is 0.465 e. The van der Waals surface area contributed by atoms with Gasteiger partial charge in [0.15, 0.2) is 11.6 Å². The number of nitrogens with two attached hydrogens (primary N) is 1. The maximum atomic E-state index is 13.0. The van der Waals surface area contributed by atoms with Crippen LogP contribution >= 0.6 is 12.4 Å². The van der Waals surface area contributed by atoms with Crippen LogP contribution in [0.25, 0.3) is 0 Å². The van der Waals surface area contributed by atoms with Gasteiger partial charge in [-0.3, -0.25) is 4.79 Å². The van der Waals surface area contributed by atoms with E-state index in [1.807, 2.05) is 0 Å². The van der Waals surface area contributed by atoms with Gasteiger partial charge in [0.25, 0.3) is 0 Å². The molecule has 0 heterocycles. The summed E-state index contributed by atoms with van der Waals surface area (Å²) in [5, 5.41) is 0. The first kappa shape index (κ1) is 14.9. The highest BCUT2D eigenvalue weighted by Crippen LogP contribution is 2.31. The van der Waals surface area contributed by atoms with Crippen LogP contribution in [0.2, 0.25) is 0 Å². The Balaban J connectivity index is 0.00000162. The smallest absolute Gasteiger partial charge is 0.326 e. The third kappa shape index (κ3) is 2.47. The van der Waals surface area contributed by atoms with Gasteiger partial charge in [-0.1, -0.05) is 0 Å². The number of hydrogen-bond donors (Lipinski definition) is 1. The summed E-state index contributed by atoms with van der Waals surface area (Å²) in [5.74, 6) is -2.37. The zero-order valence-corrected chi connectivity index (χ0v) is 10.7. The summed E-state index contributed by atoms with van der Waals surface area (Å²) in [7, 11) is 0. The van der Waals surface area contributed by atoms with Crippen LogP contribution in [0.15, 0.2) is 12.1 Å². The fraction of sp³-hybridized carbons (Fsp3) is 0.417. The van der Waals surface area contributed by atoms with Crippen molar-refractivity contribution in [3.05, 3.63) is 34.9 Å². The second-order valence-corrected chi connectivity index (χ2v) is 4.27. The summed E-state index contributed by atoms with van der Waals surface area (Å²) in [6, 6.07) is 2.19. The molecule has 0 atom stereocenters. The molecule has 18 heavy (non-hydrogen) atoms. The average molecular weight is 278 g/mol. The highest BCUT2D eigenvalue weighted by Gasteiger charge is 2.42. The molecule has 0 spiro atoms. The van der Waals surface area contributed by atoms with Gasteiger partial charge in [0.05, 0.1) is 6.61 Å². The van der Waals surface area contributed by atoms with Crippen LogP contribution in [0.4, 0.5) is 8.78 Å². The van der Waals surface area contributed by atoms with Gasteiger partial charge in [-0.2, -0.15) is 0 Å². The number of hydrogen-bond acceptors (Lipinski definition) is 3. The van der Waals surface area contributed by atoms with Crippen molar-refractivity contribution in [3.63, 3.8) is 0 Å². The summed E-state index contributed by atoms with van der Waals surface area (Å²) < 4.78 is 31.0. The van der Waals surface area contributed by atoms with Crippen LogP contribution in [0.3, 0.4) is 0 Å². The first-order valence-electron chi connectivity index (χ1n) is 5.39. The molecule has 0 bridgehead atoms. The van der Waals surface area contributed by atoms with Crippen molar-refractivity contribution in [3.8, 4) is 0 Å². The van der Waals surface area contributed by atoms with Crippen molar-refractivity contribution < 1.29 is 18.3 Å². The van der Waals surface area contributed by atoms with Crippen molar-refractivity contribution in [1.82, 2.24) is 0 Å². The third-order valence-electron chi connectivity index (χ3n) is 2.94. The van der Waals surface area contributed by atoms with Crippen molar-refractivity contribution in [1.29, 1.82) is 0 Å². The molecule has 0 aromatic heterocycles. The standard InChI is InChI=1S/C12H13F2NO2.ClH/c1-2-17-11(16)12(15)5-7-3-9(13)10(14)4-8(7)6-12;/h3-4H,2,5-6,15H2,1H3;1H. The maximum Gasteiger partial charge on any atom is 0.326 e. The van der Waals surface area contributed by atoms with E-state index in [0.717, 1.165) is 12.1 Å². The highest BCUT2D eigenvalue weighted by atomic mass is 35.5. The third-order valence-corrected chi connectivity index (χ3v) is 2.94. The Bertz CT molecular complexity index is 448. The molecule has 1 aliphatic rings. The van der Waals surface area contributed by atoms with Gasteiger partial charge in [0, 0.05) is 12.8 Å². The summed E-state index contributed by atoms with van der Waals surface area (Å²) >= 11 is 0. The molecule has 0 amide bonds. The van der Waals surface area contributed by atoms with Crippen LogP contribution in [-0.4, -0.2) is 18.1 Å². The minimum atomic E-state index is -1.20. The van der Waals surface area contributed by atoms with Gasteiger partial charge in [0.1, 0.15) is 5.54 Å². The van der Waals surface area contributed by atoms with Gasteiger partial charge in [-0.15, -0.1) is 12.4 Å². The molecule has 1 aromatic rings. The van der Waals surface area contributed by atoms with E-state index in [4.69, 9.17) is 10.5 Å². The topological polar surface area (TPSA) is 52.3 Å². The lowest BCUT2D eigenvalue weighted by Gasteiger charge is -2.20. The second kappa shape index (κ2) is 5.20. The summed E-state index contributed by atoms with van der Waals surface area (Å²) in [4.78, 5) is 11.7. The van der Waals surface area contributed by atoms with Crippen molar-refractivity contribution in [2.75, 3.05) is 6.61 Å². The lowest BCUT2D eigenvalue weighted by Crippen LogP contribution is -2.50. The van der Waals surface area contributed by atoms with Crippen molar-refractivity contribution in [2.45, 2.75) is 25.3 Å². The Hall–Kier alpha value is -1.20. The molecule has 1 aliphatic carbocycles. The molecule has 0 unspecified atom stereocenters. The summed E-state index contributed by atoms with van der Waals surface area (Å²) in [6.45, 7) is 1.92. The summed E-state index contributed by atoms with van der Waals surface area (Å²) in [5.41, 5.74) is 5.86. The lowest BCUT2D eigenvalue weighted by molar-refractivity contribution is -0.149. The molecule has 0 saturated carbocycles. The van der Waals surface area contributed by atoms with Gasteiger partial charge < -0.3 is 10.5 Å². The Labute approximate surface area is 110 Å². The number of ether oxygens (including phenoxy) is 1. The number of rotatable bonds is 2. The Morgan fingerprint density at radius 2 is 1.78 bits per heavy atom. The number of esters is 1. The molecule has 0 saturated heterocycles. The molecule has 0 fully saturated rings. The number of fused-ring (bicyclic) bond motifs is 1. The molecule has 0 radical (unpaired) electrons. The lowest BCUT2D eigenvalue weighted by atomic mass is 9.98. The van der Waals surface area contributed by atoms with Crippen LogP contribution in [0, 0.1) is 11.6 Å². The fourth-order valence-corrected chi connectivity index (χ4v) is 2.12. The van der Waals surface area contributed by atoms with Gasteiger partial charge >= 0.3 is 5.97 Å². The normalized spacial score (nSPS) is 15.8. The van der Waals surface area contributed by atoms with Crippen molar-refractivity contribution >= 4 is 18.4 Å². The summed E-state index contributed by atoms with van der Waals surface area (Å²) in [6.07, 6.45) is 0.358. The van der Waals surface area contributed by atoms with Crippen LogP contribution in [0.1, 0.15) is 18.1 Å². The second-order valence-electron chi connectivity index (χ2n) is 4.27. The van der Waals surface area contributed by atoms with Gasteiger partial charge in [-0.25, -0.2) is 8.78 Å². The zero-order valence-electron chi connectivity index (χ0n) is 9.83. The number of carbonyl (C=O) groups is 1. The van der Waals surface area contributed by atoms with E-state index in [9.17, 15) is 13.6 Å². The molecule has 100 valence electrons. The van der Waals surface area contributed by atoms with E-state index in [1.54, 1.807) is 6.92 Å². The van der Waals surface area contributed by atoms with Gasteiger partial charge in [0.2, 0.25) is 0 Å². The van der Waals surface area contributed by atoms with Crippen LogP contribution < -0.4 is 5.73 Å². The molecule has 6 heteroatoms. The highest BCUT2D eigenvalue weighted by molar-refractivity contribution is 5.85. The maximum absolute atomic E-state index is 13.0. The Morgan fingerprint density at radius 1 is 1.33 bits per heavy atom. The molecular formula is C12H14ClF2NO2. The van der Waals surface area contributed by atoms with Crippen LogP contribution in [0.5, 0.6) is 0 Å². The molecule has 2 N–H and O–H groups in total. The molecule has 3 nitrogen and oxygen atoms in total. The van der Waals surface area contributed by atoms with Gasteiger partial charge in [-0.05, 0) is 30.2 Å². The first-order valence-corrected chi connectivity index (χ1v) is 5.39. The van der Waals surface area contributed by atoms with Crippen LogP contribution in [-0.2, 0) is 22.4 Å². The van der Waals surface area contributed by atoms with E-state index in [0.29, 0.717) is 11.1 Å². The van der Waals surface area contributed by atoms with E-state index in [-0.39, 0.29) is 31.9 Å². The number of benzene rings is 1. The van der Waals surface area contributed by atoms with E-state index in [2.05, 4.69) is 0 Å².